The molecule has 0 aromatic carbocycles. The highest BCUT2D eigenvalue weighted by Gasteiger charge is 2.28. The van der Waals surface area contributed by atoms with Crippen molar-refractivity contribution in [2.45, 2.75) is 44.7 Å². The van der Waals surface area contributed by atoms with E-state index in [0.717, 1.165) is 25.8 Å². The van der Waals surface area contributed by atoms with E-state index < -0.39 is 0 Å². The Labute approximate surface area is 129 Å². The summed E-state index contributed by atoms with van der Waals surface area (Å²) in [7, 11) is 0. The Morgan fingerprint density at radius 1 is 1.52 bits per heavy atom. The van der Waals surface area contributed by atoms with Crippen LogP contribution in [0.2, 0.25) is 0 Å². The van der Waals surface area contributed by atoms with Crippen molar-refractivity contribution in [1.29, 1.82) is 0 Å². The van der Waals surface area contributed by atoms with Gasteiger partial charge in [0.25, 0.3) is 5.91 Å². The summed E-state index contributed by atoms with van der Waals surface area (Å²) in [5, 5.41) is 4.65. The van der Waals surface area contributed by atoms with E-state index in [2.05, 4.69) is 5.32 Å². The van der Waals surface area contributed by atoms with Crippen LogP contribution >= 0.6 is 11.3 Å². The highest BCUT2D eigenvalue weighted by atomic mass is 32.1. The number of carbonyl (C=O) groups excluding carboxylic acids is 2. The molecule has 2 amide bonds. The lowest BCUT2D eigenvalue weighted by molar-refractivity contribution is -0.135. The summed E-state index contributed by atoms with van der Waals surface area (Å²) in [5.41, 5.74) is 5.97. The van der Waals surface area contributed by atoms with Crippen LogP contribution in [0.3, 0.4) is 0 Å². The van der Waals surface area contributed by atoms with Gasteiger partial charge in [-0.25, -0.2) is 0 Å². The lowest BCUT2D eigenvalue weighted by Crippen LogP contribution is -2.52. The predicted molar refractivity (Wildman–Crippen MR) is 84.3 cm³/mol. The summed E-state index contributed by atoms with van der Waals surface area (Å²) in [6, 6.07) is 3.75. The van der Waals surface area contributed by atoms with Crippen molar-refractivity contribution >= 4 is 23.2 Å². The molecule has 0 radical (unpaired) electrons. The Bertz CT molecular complexity index is 473. The van der Waals surface area contributed by atoms with Crippen molar-refractivity contribution in [3.8, 4) is 0 Å². The summed E-state index contributed by atoms with van der Waals surface area (Å²) in [5.74, 6) is -0.0244. The van der Waals surface area contributed by atoms with Crippen LogP contribution in [0.4, 0.5) is 0 Å². The SMILES string of the molecule is CC(N)C1CCCCN1C(=O)CCNC(=O)c1cccs1. The molecule has 6 heteroatoms. The maximum Gasteiger partial charge on any atom is 0.261 e. The predicted octanol–water partition coefficient (Wildman–Crippen LogP) is 1.60. The average molecular weight is 309 g/mol. The molecule has 1 aliphatic heterocycles. The molecule has 1 aromatic rings. The molecule has 0 aliphatic carbocycles. The van der Waals surface area contributed by atoms with Gasteiger partial charge in [0.05, 0.1) is 4.88 Å². The third kappa shape index (κ3) is 4.28. The third-order valence-corrected chi connectivity index (χ3v) is 4.71. The molecule has 1 saturated heterocycles. The first-order valence-electron chi connectivity index (χ1n) is 7.46. The van der Waals surface area contributed by atoms with Gasteiger partial charge in [-0.2, -0.15) is 0 Å². The number of carbonyl (C=O) groups is 2. The fraction of sp³-hybridized carbons (Fsp3) is 0.600. The molecule has 2 atom stereocenters. The molecule has 3 N–H and O–H groups in total. The molecular weight excluding hydrogens is 286 g/mol. The Kier molecular flexibility index (Phi) is 5.76. The highest BCUT2D eigenvalue weighted by Crippen LogP contribution is 2.19. The number of likely N-dealkylation sites (tertiary alicyclic amines) is 1. The van der Waals surface area contributed by atoms with Crippen molar-refractivity contribution in [1.82, 2.24) is 10.2 Å². The van der Waals surface area contributed by atoms with Crippen LogP contribution in [0.1, 0.15) is 42.3 Å². The molecular formula is C15H23N3O2S. The zero-order valence-corrected chi connectivity index (χ0v) is 13.2. The maximum absolute atomic E-state index is 12.3. The minimum atomic E-state index is -0.111. The van der Waals surface area contributed by atoms with Crippen LogP contribution < -0.4 is 11.1 Å². The molecule has 2 heterocycles. The molecule has 116 valence electrons. The minimum absolute atomic E-state index is 0.00467. The monoisotopic (exact) mass is 309 g/mol. The summed E-state index contributed by atoms with van der Waals surface area (Å²) >= 11 is 1.40. The summed E-state index contributed by atoms with van der Waals surface area (Å²) in [6.45, 7) is 3.11. The van der Waals surface area contributed by atoms with Crippen LogP contribution in [-0.2, 0) is 4.79 Å². The zero-order chi connectivity index (χ0) is 15.2. The van der Waals surface area contributed by atoms with Gasteiger partial charge in [-0.1, -0.05) is 6.07 Å². The van der Waals surface area contributed by atoms with E-state index >= 15 is 0 Å². The van der Waals surface area contributed by atoms with Crippen LogP contribution in [0.25, 0.3) is 0 Å². The molecule has 0 saturated carbocycles. The van der Waals surface area contributed by atoms with Gasteiger partial charge >= 0.3 is 0 Å². The van der Waals surface area contributed by atoms with Gasteiger partial charge in [0.2, 0.25) is 5.91 Å². The minimum Gasteiger partial charge on any atom is -0.351 e. The number of hydrogen-bond donors (Lipinski definition) is 2. The van der Waals surface area contributed by atoms with E-state index in [0.29, 0.717) is 17.8 Å². The van der Waals surface area contributed by atoms with Crippen LogP contribution in [0.5, 0.6) is 0 Å². The molecule has 0 bridgehead atoms. The van der Waals surface area contributed by atoms with Gasteiger partial charge in [0, 0.05) is 31.6 Å². The number of piperidine rings is 1. The quantitative estimate of drug-likeness (QED) is 0.867. The van der Waals surface area contributed by atoms with Crippen molar-refractivity contribution < 1.29 is 9.59 Å². The molecule has 21 heavy (non-hydrogen) atoms. The highest BCUT2D eigenvalue weighted by molar-refractivity contribution is 7.12. The van der Waals surface area contributed by atoms with Gasteiger partial charge in [-0.3, -0.25) is 9.59 Å². The number of thiophene rings is 1. The van der Waals surface area contributed by atoms with Gasteiger partial charge in [-0.05, 0) is 37.6 Å². The van der Waals surface area contributed by atoms with E-state index in [-0.39, 0.29) is 23.9 Å². The topological polar surface area (TPSA) is 75.4 Å². The summed E-state index contributed by atoms with van der Waals surface area (Å²) in [6.07, 6.45) is 3.48. The maximum atomic E-state index is 12.3. The van der Waals surface area contributed by atoms with E-state index in [1.807, 2.05) is 23.3 Å². The van der Waals surface area contributed by atoms with Crippen molar-refractivity contribution in [3.63, 3.8) is 0 Å². The first-order valence-corrected chi connectivity index (χ1v) is 8.34. The van der Waals surface area contributed by atoms with Gasteiger partial charge in [-0.15, -0.1) is 11.3 Å². The molecule has 1 fully saturated rings. The third-order valence-electron chi connectivity index (χ3n) is 3.85. The van der Waals surface area contributed by atoms with E-state index in [1.165, 1.54) is 11.3 Å². The van der Waals surface area contributed by atoms with Crippen molar-refractivity contribution in [2.75, 3.05) is 13.1 Å². The van der Waals surface area contributed by atoms with Crippen LogP contribution in [0, 0.1) is 0 Å². The molecule has 5 nitrogen and oxygen atoms in total. The second kappa shape index (κ2) is 7.56. The largest absolute Gasteiger partial charge is 0.351 e. The summed E-state index contributed by atoms with van der Waals surface area (Å²) < 4.78 is 0. The van der Waals surface area contributed by atoms with Crippen LogP contribution in [0.15, 0.2) is 17.5 Å². The smallest absolute Gasteiger partial charge is 0.261 e. The number of nitrogens with zero attached hydrogens (tertiary/aromatic N) is 1. The van der Waals surface area contributed by atoms with Gasteiger partial charge in [0.1, 0.15) is 0 Å². The fourth-order valence-corrected chi connectivity index (χ4v) is 3.38. The molecule has 2 unspecified atom stereocenters. The Morgan fingerprint density at radius 2 is 2.33 bits per heavy atom. The van der Waals surface area contributed by atoms with E-state index in [1.54, 1.807) is 6.07 Å². The second-order valence-electron chi connectivity index (χ2n) is 5.49. The Morgan fingerprint density at radius 3 is 3.00 bits per heavy atom. The van der Waals surface area contributed by atoms with E-state index in [4.69, 9.17) is 5.73 Å². The van der Waals surface area contributed by atoms with E-state index in [9.17, 15) is 9.59 Å². The van der Waals surface area contributed by atoms with Gasteiger partial charge in [0.15, 0.2) is 0 Å². The molecule has 2 rings (SSSR count). The zero-order valence-electron chi connectivity index (χ0n) is 12.4. The number of nitrogens with two attached hydrogens (primary N) is 1. The van der Waals surface area contributed by atoms with Crippen molar-refractivity contribution in [3.05, 3.63) is 22.4 Å². The van der Waals surface area contributed by atoms with Gasteiger partial charge < -0.3 is 16.0 Å². The molecule has 1 aliphatic rings. The number of rotatable bonds is 5. The number of nitrogens with one attached hydrogen (secondary N) is 1. The fourth-order valence-electron chi connectivity index (χ4n) is 2.74. The second-order valence-corrected chi connectivity index (χ2v) is 6.44. The first kappa shape index (κ1) is 16.0. The molecule has 0 spiro atoms. The number of amides is 2. The molecule has 1 aromatic heterocycles. The Hall–Kier alpha value is -1.40. The van der Waals surface area contributed by atoms with Crippen molar-refractivity contribution in [2.24, 2.45) is 5.73 Å². The first-order chi connectivity index (χ1) is 10.1. The summed E-state index contributed by atoms with van der Waals surface area (Å²) in [4.78, 5) is 26.7. The number of hydrogen-bond acceptors (Lipinski definition) is 4. The standard InChI is InChI=1S/C15H23N3O2S/c1-11(16)12-5-2-3-9-18(12)14(19)7-8-17-15(20)13-6-4-10-21-13/h4,6,10-12H,2-3,5,7-9,16H2,1H3,(H,17,20). The lowest BCUT2D eigenvalue weighted by Gasteiger charge is -2.38. The van der Waals surface area contributed by atoms with Crippen LogP contribution in [-0.4, -0.2) is 41.9 Å². The Balaban J connectivity index is 1.79. The normalized spacial score (nSPS) is 20.1. The average Bonchev–Trinajstić information content (AvgIpc) is 3.01. The lowest BCUT2D eigenvalue weighted by atomic mass is 9.96.